The van der Waals surface area contributed by atoms with Crippen molar-refractivity contribution in [3.63, 3.8) is 0 Å². The molecule has 1 saturated heterocycles. The van der Waals surface area contributed by atoms with Crippen LogP contribution in [0.1, 0.15) is 60.0 Å². The molecule has 9 heteroatoms. The smallest absolute Gasteiger partial charge is 0.341 e. The van der Waals surface area contributed by atoms with Gasteiger partial charge in [-0.1, -0.05) is 6.92 Å². The molecule has 0 saturated carbocycles. The average molecular weight is 432 g/mol. The third kappa shape index (κ3) is 4.57. The van der Waals surface area contributed by atoms with E-state index >= 15 is 0 Å². The number of ether oxygens (including phenoxy) is 1. The van der Waals surface area contributed by atoms with Crippen LogP contribution in [0, 0.1) is 5.92 Å². The van der Waals surface area contributed by atoms with Crippen molar-refractivity contribution in [3.05, 3.63) is 28.7 Å². The van der Waals surface area contributed by atoms with Gasteiger partial charge in [0, 0.05) is 18.0 Å². The van der Waals surface area contributed by atoms with E-state index in [9.17, 15) is 9.59 Å². The number of carbonyl (C=O) groups excluding carboxylic acids is 2. The van der Waals surface area contributed by atoms with Gasteiger partial charge in [0.05, 0.1) is 24.8 Å². The standard InChI is InChI=1S/C21H29N5O3S/c1-3-29-21(28)19-16-5-4-14(2)10-17(16)30-20(19)24-18(27)11-25-8-6-15(7-9-25)26-13-22-12-23-26/h12-15H,3-11H2,1-2H3,(H,24,27). The van der Waals surface area contributed by atoms with Crippen LogP contribution in [0.5, 0.6) is 0 Å². The van der Waals surface area contributed by atoms with Gasteiger partial charge in [0.25, 0.3) is 0 Å². The van der Waals surface area contributed by atoms with Crippen molar-refractivity contribution in [2.75, 3.05) is 31.6 Å². The van der Waals surface area contributed by atoms with E-state index in [1.807, 2.05) is 4.68 Å². The minimum Gasteiger partial charge on any atom is -0.462 e. The molecule has 1 N–H and O–H groups in total. The molecule has 1 aliphatic carbocycles. The number of anilines is 1. The molecule has 0 aromatic carbocycles. The Hall–Kier alpha value is -2.26. The Morgan fingerprint density at radius 1 is 1.30 bits per heavy atom. The fourth-order valence-corrected chi connectivity index (χ4v) is 5.79. The van der Waals surface area contributed by atoms with E-state index in [0.29, 0.717) is 35.7 Å². The quantitative estimate of drug-likeness (QED) is 0.708. The van der Waals surface area contributed by atoms with Crippen LogP contribution in [0.15, 0.2) is 12.7 Å². The molecule has 0 bridgehead atoms. The number of hydrogen-bond acceptors (Lipinski definition) is 7. The summed E-state index contributed by atoms with van der Waals surface area (Å²) in [6.45, 7) is 6.36. The summed E-state index contributed by atoms with van der Waals surface area (Å²) in [5.74, 6) is 0.195. The molecule has 8 nitrogen and oxygen atoms in total. The zero-order chi connectivity index (χ0) is 21.1. The minimum absolute atomic E-state index is 0.0774. The van der Waals surface area contributed by atoms with Gasteiger partial charge in [0.15, 0.2) is 0 Å². The van der Waals surface area contributed by atoms with Crippen LogP contribution in [0.2, 0.25) is 0 Å². The molecule has 2 aliphatic rings. The van der Waals surface area contributed by atoms with Gasteiger partial charge in [-0.3, -0.25) is 9.69 Å². The zero-order valence-corrected chi connectivity index (χ0v) is 18.4. The molecule has 2 aromatic heterocycles. The molecule has 1 amide bonds. The largest absolute Gasteiger partial charge is 0.462 e. The van der Waals surface area contributed by atoms with Crippen molar-refractivity contribution < 1.29 is 14.3 Å². The number of fused-ring (bicyclic) bond motifs is 1. The highest BCUT2D eigenvalue weighted by Gasteiger charge is 2.30. The first-order chi connectivity index (χ1) is 14.5. The number of esters is 1. The van der Waals surface area contributed by atoms with Gasteiger partial charge >= 0.3 is 5.97 Å². The molecule has 2 aromatic rings. The lowest BCUT2D eigenvalue weighted by Crippen LogP contribution is -2.39. The summed E-state index contributed by atoms with van der Waals surface area (Å²) in [5, 5.41) is 7.89. The average Bonchev–Trinajstić information content (AvgIpc) is 3.36. The predicted molar refractivity (Wildman–Crippen MR) is 115 cm³/mol. The van der Waals surface area contributed by atoms with Gasteiger partial charge in [-0.15, -0.1) is 11.3 Å². The Labute approximate surface area is 180 Å². The third-order valence-corrected chi connectivity index (χ3v) is 7.15. The molecule has 0 radical (unpaired) electrons. The number of aromatic nitrogens is 3. The first-order valence-corrected chi connectivity index (χ1v) is 11.5. The Morgan fingerprint density at radius 2 is 2.10 bits per heavy atom. The first-order valence-electron chi connectivity index (χ1n) is 10.7. The summed E-state index contributed by atoms with van der Waals surface area (Å²) in [6, 6.07) is 0.341. The third-order valence-electron chi connectivity index (χ3n) is 5.98. The van der Waals surface area contributed by atoms with E-state index in [1.54, 1.807) is 19.6 Å². The number of likely N-dealkylation sites (tertiary alicyclic amines) is 1. The normalized spacial score (nSPS) is 20.0. The van der Waals surface area contributed by atoms with Crippen molar-refractivity contribution in [1.82, 2.24) is 19.7 Å². The van der Waals surface area contributed by atoms with Crippen molar-refractivity contribution in [2.45, 2.75) is 52.0 Å². The fraction of sp³-hybridized carbons (Fsp3) is 0.619. The van der Waals surface area contributed by atoms with E-state index < -0.39 is 0 Å². The van der Waals surface area contributed by atoms with Gasteiger partial charge in [0.2, 0.25) is 5.91 Å². The van der Waals surface area contributed by atoms with E-state index in [1.165, 1.54) is 16.2 Å². The molecule has 162 valence electrons. The summed E-state index contributed by atoms with van der Waals surface area (Å²) < 4.78 is 7.19. The Balaban J connectivity index is 1.40. The predicted octanol–water partition coefficient (Wildman–Crippen LogP) is 2.92. The molecule has 4 rings (SSSR count). The molecular weight excluding hydrogens is 402 g/mol. The van der Waals surface area contributed by atoms with Crippen molar-refractivity contribution >= 4 is 28.2 Å². The van der Waals surface area contributed by atoms with Crippen LogP contribution < -0.4 is 5.32 Å². The minimum atomic E-state index is -0.325. The van der Waals surface area contributed by atoms with Crippen molar-refractivity contribution in [3.8, 4) is 0 Å². The summed E-state index contributed by atoms with van der Waals surface area (Å²) in [5.41, 5.74) is 1.64. The Morgan fingerprint density at radius 3 is 2.80 bits per heavy atom. The molecule has 1 atom stereocenters. The molecule has 1 unspecified atom stereocenters. The lowest BCUT2D eigenvalue weighted by Gasteiger charge is -2.31. The highest BCUT2D eigenvalue weighted by Crippen LogP contribution is 2.40. The number of carbonyl (C=O) groups is 2. The number of hydrogen-bond donors (Lipinski definition) is 1. The molecule has 1 aliphatic heterocycles. The van der Waals surface area contributed by atoms with Crippen molar-refractivity contribution in [1.29, 1.82) is 0 Å². The number of rotatable bonds is 6. The number of piperidine rings is 1. The second kappa shape index (κ2) is 9.26. The van der Waals surface area contributed by atoms with Crippen LogP contribution in [-0.4, -0.2) is 57.8 Å². The maximum absolute atomic E-state index is 12.8. The van der Waals surface area contributed by atoms with Gasteiger partial charge in [-0.2, -0.15) is 5.10 Å². The highest BCUT2D eigenvalue weighted by molar-refractivity contribution is 7.17. The van der Waals surface area contributed by atoms with Gasteiger partial charge < -0.3 is 10.1 Å². The lowest BCUT2D eigenvalue weighted by atomic mass is 9.88. The van der Waals surface area contributed by atoms with Gasteiger partial charge in [-0.25, -0.2) is 14.5 Å². The molecule has 3 heterocycles. The summed E-state index contributed by atoms with van der Waals surface area (Å²) in [4.78, 5) is 32.8. The summed E-state index contributed by atoms with van der Waals surface area (Å²) in [6.07, 6.45) is 8.08. The van der Waals surface area contributed by atoms with Crippen LogP contribution in [-0.2, 0) is 22.4 Å². The SMILES string of the molecule is CCOC(=O)c1c(NC(=O)CN2CCC(n3cncn3)CC2)sc2c1CCC(C)C2. The van der Waals surface area contributed by atoms with Crippen LogP contribution in [0.3, 0.4) is 0 Å². The van der Waals surface area contributed by atoms with E-state index in [4.69, 9.17) is 4.74 Å². The Kier molecular flexibility index (Phi) is 6.48. The molecule has 1 fully saturated rings. The summed E-state index contributed by atoms with van der Waals surface area (Å²) >= 11 is 1.54. The zero-order valence-electron chi connectivity index (χ0n) is 17.6. The van der Waals surface area contributed by atoms with Gasteiger partial charge in [-0.05, 0) is 50.5 Å². The number of nitrogens with zero attached hydrogens (tertiary/aromatic N) is 4. The maximum Gasteiger partial charge on any atom is 0.341 e. The monoisotopic (exact) mass is 431 g/mol. The second-order valence-corrected chi connectivity index (χ2v) is 9.31. The maximum atomic E-state index is 12.8. The molecular formula is C21H29N5O3S. The number of nitrogens with one attached hydrogen (secondary N) is 1. The van der Waals surface area contributed by atoms with Crippen LogP contribution in [0.4, 0.5) is 5.00 Å². The first kappa shape index (κ1) is 21.0. The van der Waals surface area contributed by atoms with E-state index in [0.717, 1.165) is 50.8 Å². The lowest BCUT2D eigenvalue weighted by molar-refractivity contribution is -0.117. The summed E-state index contributed by atoms with van der Waals surface area (Å²) in [7, 11) is 0. The molecule has 30 heavy (non-hydrogen) atoms. The van der Waals surface area contributed by atoms with Crippen LogP contribution >= 0.6 is 11.3 Å². The Bertz CT molecular complexity index is 887. The van der Waals surface area contributed by atoms with Crippen molar-refractivity contribution in [2.24, 2.45) is 5.92 Å². The number of thiophene rings is 1. The highest BCUT2D eigenvalue weighted by atomic mass is 32.1. The molecule has 0 spiro atoms. The van der Waals surface area contributed by atoms with Gasteiger partial charge in [0.1, 0.15) is 17.7 Å². The van der Waals surface area contributed by atoms with E-state index in [2.05, 4.69) is 27.2 Å². The number of amides is 1. The fourth-order valence-electron chi connectivity index (χ4n) is 4.38. The van der Waals surface area contributed by atoms with E-state index in [-0.39, 0.29) is 11.9 Å². The second-order valence-electron chi connectivity index (χ2n) is 8.21. The van der Waals surface area contributed by atoms with Crippen LogP contribution in [0.25, 0.3) is 0 Å². The topological polar surface area (TPSA) is 89.4 Å².